The van der Waals surface area contributed by atoms with Gasteiger partial charge in [-0.05, 0) is 27.7 Å². The number of nitro groups is 1. The van der Waals surface area contributed by atoms with E-state index in [9.17, 15) is 19.7 Å². The normalized spacial score (nSPS) is 14.0. The monoisotopic (exact) mass is 338 g/mol. The van der Waals surface area contributed by atoms with Crippen molar-refractivity contribution in [3.8, 4) is 11.5 Å². The van der Waals surface area contributed by atoms with Gasteiger partial charge >= 0.3 is 5.97 Å². The van der Waals surface area contributed by atoms with Crippen LogP contribution in [0, 0.1) is 10.1 Å². The summed E-state index contributed by atoms with van der Waals surface area (Å²) in [6.45, 7) is 6.64. The first-order valence-electron chi connectivity index (χ1n) is 7.19. The van der Waals surface area contributed by atoms with Crippen molar-refractivity contribution in [2.24, 2.45) is 0 Å². The Balaban J connectivity index is 2.20. The van der Waals surface area contributed by atoms with Crippen molar-refractivity contribution in [2.75, 3.05) is 6.79 Å². The van der Waals surface area contributed by atoms with Gasteiger partial charge < -0.3 is 19.5 Å². The van der Waals surface area contributed by atoms with E-state index in [-0.39, 0.29) is 23.9 Å². The lowest BCUT2D eigenvalue weighted by Gasteiger charge is -2.23. The number of benzene rings is 1. The minimum absolute atomic E-state index is 0.0879. The van der Waals surface area contributed by atoms with Gasteiger partial charge in [-0.2, -0.15) is 0 Å². The maximum absolute atomic E-state index is 12.2. The van der Waals surface area contributed by atoms with Gasteiger partial charge in [-0.3, -0.25) is 14.9 Å². The molecule has 24 heavy (non-hydrogen) atoms. The Morgan fingerprint density at radius 1 is 1.29 bits per heavy atom. The molecule has 0 fully saturated rings. The lowest BCUT2D eigenvalue weighted by Crippen LogP contribution is -2.46. The standard InChI is InChI=1S/C15H18N2O7/c1-8(13(18)16-15(2,3)4)24-14(19)9-5-11-12(23-7-22-11)6-10(9)17(20)21/h5-6,8H,7H2,1-4H3,(H,16,18). The Kier molecular flexibility index (Phi) is 4.63. The first-order valence-corrected chi connectivity index (χ1v) is 7.19. The van der Waals surface area contributed by atoms with E-state index >= 15 is 0 Å². The molecule has 0 spiro atoms. The first-order chi connectivity index (χ1) is 11.1. The van der Waals surface area contributed by atoms with Crippen LogP contribution < -0.4 is 14.8 Å². The van der Waals surface area contributed by atoms with Crippen LogP contribution in [0.5, 0.6) is 11.5 Å². The van der Waals surface area contributed by atoms with E-state index in [2.05, 4.69) is 5.32 Å². The van der Waals surface area contributed by atoms with Crippen molar-refractivity contribution in [3.63, 3.8) is 0 Å². The Bertz CT molecular complexity index is 694. The minimum Gasteiger partial charge on any atom is -0.454 e. The molecule has 0 aromatic heterocycles. The molecule has 2 rings (SSSR count). The fourth-order valence-corrected chi connectivity index (χ4v) is 1.99. The Morgan fingerprint density at radius 2 is 1.88 bits per heavy atom. The number of amides is 1. The van der Waals surface area contributed by atoms with Crippen LogP contribution in [0.25, 0.3) is 0 Å². The molecular weight excluding hydrogens is 320 g/mol. The second-order valence-corrected chi connectivity index (χ2v) is 6.27. The molecule has 0 saturated carbocycles. The van der Waals surface area contributed by atoms with Gasteiger partial charge in [0, 0.05) is 11.6 Å². The summed E-state index contributed by atoms with van der Waals surface area (Å²) in [5, 5.41) is 13.8. The zero-order valence-electron chi connectivity index (χ0n) is 13.7. The molecule has 1 aromatic rings. The van der Waals surface area contributed by atoms with Crippen LogP contribution in [0.2, 0.25) is 0 Å². The molecule has 0 bridgehead atoms. The third kappa shape index (κ3) is 3.92. The smallest absolute Gasteiger partial charge is 0.346 e. The average Bonchev–Trinajstić information content (AvgIpc) is 2.91. The molecule has 0 radical (unpaired) electrons. The highest BCUT2D eigenvalue weighted by Crippen LogP contribution is 2.38. The second kappa shape index (κ2) is 6.34. The number of carbonyl (C=O) groups is 2. The van der Waals surface area contributed by atoms with Crippen molar-refractivity contribution in [1.82, 2.24) is 5.32 Å². The number of carbonyl (C=O) groups excluding carboxylic acids is 2. The fraction of sp³-hybridized carbons (Fsp3) is 0.467. The van der Waals surface area contributed by atoms with E-state index in [0.717, 1.165) is 6.07 Å². The van der Waals surface area contributed by atoms with Gasteiger partial charge in [-0.25, -0.2) is 4.79 Å². The quantitative estimate of drug-likeness (QED) is 0.505. The predicted octanol–water partition coefficient (Wildman–Crippen LogP) is 1.78. The zero-order valence-corrected chi connectivity index (χ0v) is 13.7. The number of rotatable bonds is 4. The largest absolute Gasteiger partial charge is 0.454 e. The number of nitrogens with one attached hydrogen (secondary N) is 1. The lowest BCUT2D eigenvalue weighted by molar-refractivity contribution is -0.385. The molecular formula is C15H18N2O7. The van der Waals surface area contributed by atoms with Gasteiger partial charge in [0.1, 0.15) is 5.56 Å². The van der Waals surface area contributed by atoms with Crippen LogP contribution >= 0.6 is 0 Å². The van der Waals surface area contributed by atoms with E-state index in [1.165, 1.54) is 13.0 Å². The maximum Gasteiger partial charge on any atom is 0.346 e. The summed E-state index contributed by atoms with van der Waals surface area (Å²) >= 11 is 0. The summed E-state index contributed by atoms with van der Waals surface area (Å²) in [4.78, 5) is 34.6. The predicted molar refractivity (Wildman–Crippen MR) is 82.0 cm³/mol. The van der Waals surface area contributed by atoms with Gasteiger partial charge in [-0.1, -0.05) is 0 Å². The van der Waals surface area contributed by atoms with Crippen molar-refractivity contribution in [3.05, 3.63) is 27.8 Å². The van der Waals surface area contributed by atoms with Crippen molar-refractivity contribution < 1.29 is 28.7 Å². The van der Waals surface area contributed by atoms with E-state index in [1.807, 2.05) is 0 Å². The number of nitrogens with zero attached hydrogens (tertiary/aromatic N) is 1. The van der Waals surface area contributed by atoms with Crippen LogP contribution in [-0.4, -0.2) is 35.2 Å². The van der Waals surface area contributed by atoms with Crippen LogP contribution in [0.4, 0.5) is 5.69 Å². The van der Waals surface area contributed by atoms with E-state index in [0.29, 0.717) is 0 Å². The molecule has 0 saturated heterocycles. The van der Waals surface area contributed by atoms with Gasteiger partial charge in [0.2, 0.25) is 6.79 Å². The Hall–Kier alpha value is -2.84. The topological polar surface area (TPSA) is 117 Å². The van der Waals surface area contributed by atoms with Gasteiger partial charge in [0.05, 0.1) is 11.0 Å². The number of esters is 1. The van der Waals surface area contributed by atoms with Gasteiger partial charge in [0.15, 0.2) is 17.6 Å². The van der Waals surface area contributed by atoms with Gasteiger partial charge in [-0.15, -0.1) is 0 Å². The first kappa shape index (κ1) is 17.5. The Morgan fingerprint density at radius 3 is 2.42 bits per heavy atom. The SMILES string of the molecule is CC(OC(=O)c1cc2c(cc1[N+](=O)[O-])OCO2)C(=O)NC(C)(C)C. The Labute approximate surface area is 138 Å². The third-order valence-corrected chi connectivity index (χ3v) is 3.06. The zero-order chi connectivity index (χ0) is 18.1. The summed E-state index contributed by atoms with van der Waals surface area (Å²) in [6.07, 6.45) is -1.11. The molecule has 1 amide bonds. The van der Waals surface area contributed by atoms with Crippen LogP contribution in [-0.2, 0) is 9.53 Å². The maximum atomic E-state index is 12.2. The number of ether oxygens (including phenoxy) is 3. The minimum atomic E-state index is -1.11. The molecule has 1 heterocycles. The second-order valence-electron chi connectivity index (χ2n) is 6.27. The molecule has 9 nitrogen and oxygen atoms in total. The lowest BCUT2D eigenvalue weighted by atomic mass is 10.1. The molecule has 1 aliphatic heterocycles. The summed E-state index contributed by atoms with van der Waals surface area (Å²) in [5.74, 6) is -1.10. The molecule has 1 atom stereocenters. The molecule has 1 N–H and O–H groups in total. The van der Waals surface area contributed by atoms with Gasteiger partial charge in [0.25, 0.3) is 11.6 Å². The summed E-state index contributed by atoms with van der Waals surface area (Å²) in [6, 6.07) is 2.27. The molecule has 130 valence electrons. The molecule has 1 aliphatic rings. The van der Waals surface area contributed by atoms with Crippen LogP contribution in [0.3, 0.4) is 0 Å². The molecule has 1 aromatic carbocycles. The van der Waals surface area contributed by atoms with Crippen molar-refractivity contribution in [1.29, 1.82) is 0 Å². The van der Waals surface area contributed by atoms with E-state index in [4.69, 9.17) is 14.2 Å². The highest BCUT2D eigenvalue weighted by Gasteiger charge is 2.30. The molecule has 0 aliphatic carbocycles. The number of hydrogen-bond donors (Lipinski definition) is 1. The highest BCUT2D eigenvalue weighted by atomic mass is 16.7. The van der Waals surface area contributed by atoms with Crippen molar-refractivity contribution >= 4 is 17.6 Å². The summed E-state index contributed by atoms with van der Waals surface area (Å²) in [7, 11) is 0. The molecule has 1 unspecified atom stereocenters. The molecule has 9 heteroatoms. The van der Waals surface area contributed by atoms with E-state index in [1.54, 1.807) is 20.8 Å². The summed E-state index contributed by atoms with van der Waals surface area (Å²) in [5.41, 5.74) is -1.28. The van der Waals surface area contributed by atoms with E-state index < -0.39 is 34.1 Å². The van der Waals surface area contributed by atoms with Crippen LogP contribution in [0.15, 0.2) is 12.1 Å². The number of nitro benzene ring substituents is 1. The fourth-order valence-electron chi connectivity index (χ4n) is 1.99. The average molecular weight is 338 g/mol. The van der Waals surface area contributed by atoms with Crippen molar-refractivity contribution in [2.45, 2.75) is 39.3 Å². The number of fused-ring (bicyclic) bond motifs is 1. The van der Waals surface area contributed by atoms with Crippen LogP contribution in [0.1, 0.15) is 38.1 Å². The number of hydrogen-bond acceptors (Lipinski definition) is 7. The summed E-state index contributed by atoms with van der Waals surface area (Å²) < 4.78 is 15.2. The highest BCUT2D eigenvalue weighted by molar-refractivity contribution is 5.96. The third-order valence-electron chi connectivity index (χ3n) is 3.06.